The van der Waals surface area contributed by atoms with E-state index in [0.717, 1.165) is 6.54 Å². The molecule has 2 N–H and O–H groups in total. The molecule has 0 spiro atoms. The molecule has 5 nitrogen and oxygen atoms in total. The van der Waals surface area contributed by atoms with Gasteiger partial charge in [0.1, 0.15) is 11.6 Å². The molecule has 0 radical (unpaired) electrons. The van der Waals surface area contributed by atoms with E-state index in [4.69, 9.17) is 23.2 Å². The third kappa shape index (κ3) is 3.28. The Morgan fingerprint density at radius 1 is 1.45 bits per heavy atom. The molecule has 1 aromatic heterocycles. The van der Waals surface area contributed by atoms with Crippen LogP contribution in [-0.4, -0.2) is 61.4 Å². The van der Waals surface area contributed by atoms with Gasteiger partial charge in [0.25, 0.3) is 0 Å². The lowest BCUT2D eigenvalue weighted by atomic mass is 10.2. The van der Waals surface area contributed by atoms with E-state index in [0.29, 0.717) is 34.6 Å². The molecule has 7 heteroatoms. The molecule has 112 valence electrons. The topological polar surface area (TPSA) is 51.6 Å². The van der Waals surface area contributed by atoms with Crippen molar-refractivity contribution in [1.82, 2.24) is 9.88 Å². The third-order valence-corrected chi connectivity index (χ3v) is 3.95. The average Bonchev–Trinajstić information content (AvgIpc) is 2.69. The van der Waals surface area contributed by atoms with Gasteiger partial charge in [-0.3, -0.25) is 0 Å². The zero-order valence-electron chi connectivity index (χ0n) is 11.9. The van der Waals surface area contributed by atoms with E-state index in [9.17, 15) is 5.11 Å². The summed E-state index contributed by atoms with van der Waals surface area (Å²) >= 11 is 12.3. The SMILES string of the molecule is CNc1nc(N2CC(O)CC2CN(C)C)c(Cl)cc1Cl. The summed E-state index contributed by atoms with van der Waals surface area (Å²) in [7, 11) is 5.79. The Kier molecular flexibility index (Phi) is 4.96. The second-order valence-corrected chi connectivity index (χ2v) is 6.15. The maximum absolute atomic E-state index is 9.94. The monoisotopic (exact) mass is 318 g/mol. The van der Waals surface area contributed by atoms with E-state index in [-0.39, 0.29) is 12.1 Å². The number of halogens is 2. The van der Waals surface area contributed by atoms with Crippen LogP contribution in [-0.2, 0) is 0 Å². The van der Waals surface area contributed by atoms with Gasteiger partial charge in [-0.15, -0.1) is 0 Å². The number of nitrogens with one attached hydrogen (secondary N) is 1. The number of β-amino-alcohol motifs (C(OH)–C–C–N with tert-alkyl or cyclic N) is 1. The van der Waals surface area contributed by atoms with Crippen LogP contribution < -0.4 is 10.2 Å². The molecular weight excluding hydrogens is 299 g/mol. The van der Waals surface area contributed by atoms with E-state index < -0.39 is 0 Å². The lowest BCUT2D eigenvalue weighted by molar-refractivity contribution is 0.191. The quantitative estimate of drug-likeness (QED) is 0.888. The van der Waals surface area contributed by atoms with Gasteiger partial charge in [0.2, 0.25) is 0 Å². The zero-order chi connectivity index (χ0) is 14.9. The van der Waals surface area contributed by atoms with Crippen LogP contribution in [0, 0.1) is 0 Å². The largest absolute Gasteiger partial charge is 0.391 e. The van der Waals surface area contributed by atoms with Gasteiger partial charge < -0.3 is 20.2 Å². The second kappa shape index (κ2) is 6.35. The Bertz CT molecular complexity index is 484. The summed E-state index contributed by atoms with van der Waals surface area (Å²) in [5.74, 6) is 1.26. The van der Waals surface area contributed by atoms with Crippen LogP contribution in [0.5, 0.6) is 0 Å². The molecule has 1 fully saturated rings. The van der Waals surface area contributed by atoms with Crippen molar-refractivity contribution in [3.8, 4) is 0 Å². The maximum Gasteiger partial charge on any atom is 0.150 e. The normalized spacial score (nSPS) is 22.6. The van der Waals surface area contributed by atoms with Crippen molar-refractivity contribution in [3.63, 3.8) is 0 Å². The summed E-state index contributed by atoms with van der Waals surface area (Å²) in [5, 5.41) is 13.9. The van der Waals surface area contributed by atoms with Gasteiger partial charge in [-0.25, -0.2) is 4.98 Å². The third-order valence-electron chi connectivity index (χ3n) is 3.39. The summed E-state index contributed by atoms with van der Waals surface area (Å²) < 4.78 is 0. The van der Waals surface area contributed by atoms with E-state index >= 15 is 0 Å². The van der Waals surface area contributed by atoms with Gasteiger partial charge in [-0.1, -0.05) is 23.2 Å². The molecule has 0 aromatic carbocycles. The van der Waals surface area contributed by atoms with Gasteiger partial charge in [-0.05, 0) is 26.6 Å². The highest BCUT2D eigenvalue weighted by atomic mass is 35.5. The van der Waals surface area contributed by atoms with Crippen LogP contribution in [0.4, 0.5) is 11.6 Å². The average molecular weight is 319 g/mol. The molecule has 1 saturated heterocycles. The molecule has 0 aliphatic carbocycles. The molecule has 0 bridgehead atoms. The van der Waals surface area contributed by atoms with E-state index in [2.05, 4.69) is 20.1 Å². The first-order valence-electron chi connectivity index (χ1n) is 6.55. The summed E-state index contributed by atoms with van der Waals surface area (Å²) in [6.45, 7) is 1.38. The van der Waals surface area contributed by atoms with Crippen LogP contribution in [0.3, 0.4) is 0 Å². The Morgan fingerprint density at radius 2 is 2.15 bits per heavy atom. The number of aromatic nitrogens is 1. The molecule has 1 aliphatic heterocycles. The summed E-state index contributed by atoms with van der Waals surface area (Å²) in [5.41, 5.74) is 0. The lowest BCUT2D eigenvalue weighted by Gasteiger charge is -2.28. The predicted octanol–water partition coefficient (Wildman–Crippen LogP) is 1.93. The van der Waals surface area contributed by atoms with Crippen molar-refractivity contribution in [1.29, 1.82) is 0 Å². The van der Waals surface area contributed by atoms with Crippen LogP contribution in [0.2, 0.25) is 10.0 Å². The van der Waals surface area contributed by atoms with Crippen molar-refractivity contribution in [2.75, 3.05) is 44.4 Å². The highest BCUT2D eigenvalue weighted by Crippen LogP contribution is 2.35. The number of hydrogen-bond donors (Lipinski definition) is 2. The number of hydrogen-bond acceptors (Lipinski definition) is 5. The Morgan fingerprint density at radius 3 is 2.75 bits per heavy atom. The van der Waals surface area contributed by atoms with E-state index in [1.807, 2.05) is 14.1 Å². The van der Waals surface area contributed by atoms with Crippen molar-refractivity contribution < 1.29 is 5.11 Å². The minimum Gasteiger partial charge on any atom is -0.391 e. The maximum atomic E-state index is 9.94. The van der Waals surface area contributed by atoms with Crippen molar-refractivity contribution >= 4 is 34.8 Å². The van der Waals surface area contributed by atoms with E-state index in [1.165, 1.54) is 0 Å². The van der Waals surface area contributed by atoms with Crippen LogP contribution >= 0.6 is 23.2 Å². The van der Waals surface area contributed by atoms with Crippen molar-refractivity contribution in [2.24, 2.45) is 0 Å². The summed E-state index contributed by atoms with van der Waals surface area (Å²) in [6, 6.07) is 1.88. The minimum absolute atomic E-state index is 0.191. The Hall–Kier alpha value is -0.750. The standard InChI is InChI=1S/C13H20Cl2N4O/c1-16-12-10(14)5-11(15)13(17-12)19-7-9(20)4-8(19)6-18(2)3/h5,8-9,20H,4,6-7H2,1-3H3,(H,16,17). The molecule has 20 heavy (non-hydrogen) atoms. The van der Waals surface area contributed by atoms with Gasteiger partial charge >= 0.3 is 0 Å². The first kappa shape index (κ1) is 15.6. The number of aliphatic hydroxyl groups is 1. The molecule has 0 amide bonds. The first-order chi connectivity index (χ1) is 9.42. The summed E-state index contributed by atoms with van der Waals surface area (Å²) in [6.07, 6.45) is 0.361. The van der Waals surface area contributed by atoms with E-state index in [1.54, 1.807) is 13.1 Å². The summed E-state index contributed by atoms with van der Waals surface area (Å²) in [4.78, 5) is 8.64. The minimum atomic E-state index is -0.355. The van der Waals surface area contributed by atoms with Crippen molar-refractivity contribution in [3.05, 3.63) is 16.1 Å². The predicted molar refractivity (Wildman–Crippen MR) is 84.1 cm³/mol. The number of rotatable bonds is 4. The Labute approximate surface area is 129 Å². The number of likely N-dealkylation sites (N-methyl/N-ethyl adjacent to an activating group) is 1. The molecule has 2 atom stereocenters. The van der Waals surface area contributed by atoms with Crippen molar-refractivity contribution in [2.45, 2.75) is 18.6 Å². The van der Waals surface area contributed by atoms with Gasteiger partial charge in [0.05, 0.1) is 16.1 Å². The molecule has 2 unspecified atom stereocenters. The molecular formula is C13H20Cl2N4O. The number of aliphatic hydroxyl groups excluding tert-OH is 1. The number of nitrogens with zero attached hydrogens (tertiary/aromatic N) is 3. The zero-order valence-corrected chi connectivity index (χ0v) is 13.4. The van der Waals surface area contributed by atoms with Crippen LogP contribution in [0.1, 0.15) is 6.42 Å². The molecule has 1 aromatic rings. The highest BCUT2D eigenvalue weighted by Gasteiger charge is 2.33. The Balaban J connectivity index is 2.33. The number of pyridine rings is 1. The molecule has 2 rings (SSSR count). The highest BCUT2D eigenvalue weighted by molar-refractivity contribution is 6.37. The van der Waals surface area contributed by atoms with Gasteiger partial charge in [0.15, 0.2) is 0 Å². The molecule has 0 saturated carbocycles. The molecule has 2 heterocycles. The van der Waals surface area contributed by atoms with Crippen LogP contribution in [0.15, 0.2) is 6.07 Å². The van der Waals surface area contributed by atoms with Gasteiger partial charge in [-0.2, -0.15) is 0 Å². The first-order valence-corrected chi connectivity index (χ1v) is 7.31. The second-order valence-electron chi connectivity index (χ2n) is 5.33. The van der Waals surface area contributed by atoms with Crippen LogP contribution in [0.25, 0.3) is 0 Å². The smallest absolute Gasteiger partial charge is 0.150 e. The molecule has 1 aliphatic rings. The lowest BCUT2D eigenvalue weighted by Crippen LogP contribution is -2.38. The van der Waals surface area contributed by atoms with Gasteiger partial charge in [0, 0.05) is 26.2 Å². The number of anilines is 2. The fourth-order valence-electron chi connectivity index (χ4n) is 2.58. The fraction of sp³-hybridized carbons (Fsp3) is 0.615. The fourth-order valence-corrected chi connectivity index (χ4v) is 3.14.